The number of ketones is 1. The highest BCUT2D eigenvalue weighted by Gasteiger charge is 2.29. The third kappa shape index (κ3) is 2.68. The maximum absolute atomic E-state index is 12.6. The highest BCUT2D eigenvalue weighted by Crippen LogP contribution is 2.32. The van der Waals surface area contributed by atoms with Crippen LogP contribution >= 0.6 is 15.9 Å². The van der Waals surface area contributed by atoms with Gasteiger partial charge in [-0.25, -0.2) is 0 Å². The largest absolute Gasteiger partial charge is 0.292 e. The molecule has 1 aliphatic rings. The van der Waals surface area contributed by atoms with E-state index in [1.54, 1.807) is 6.20 Å². The Bertz CT molecular complexity index is 431. The molecule has 0 unspecified atom stereocenters. The van der Waals surface area contributed by atoms with Gasteiger partial charge in [0.2, 0.25) is 0 Å². The van der Waals surface area contributed by atoms with Crippen molar-refractivity contribution in [3.63, 3.8) is 0 Å². The van der Waals surface area contributed by atoms with Crippen LogP contribution in [0.4, 0.5) is 0 Å². The van der Waals surface area contributed by atoms with E-state index in [9.17, 15) is 4.79 Å². The summed E-state index contributed by atoms with van der Waals surface area (Å²) >= 11 is 3.46. The number of hydrogen-bond donors (Lipinski definition) is 0. The first-order valence-corrected chi connectivity index (χ1v) is 7.57. The Labute approximate surface area is 117 Å². The van der Waals surface area contributed by atoms with Crippen molar-refractivity contribution in [1.82, 2.24) is 9.78 Å². The van der Waals surface area contributed by atoms with Gasteiger partial charge in [0, 0.05) is 12.0 Å². The molecule has 1 aromatic heterocycles. The second-order valence-electron chi connectivity index (χ2n) is 5.70. The van der Waals surface area contributed by atoms with Crippen molar-refractivity contribution >= 4 is 21.7 Å². The van der Waals surface area contributed by atoms with Gasteiger partial charge in [-0.2, -0.15) is 5.10 Å². The van der Waals surface area contributed by atoms with Crippen molar-refractivity contribution in [3.05, 3.63) is 16.4 Å². The van der Waals surface area contributed by atoms with Gasteiger partial charge in [-0.05, 0) is 48.5 Å². The first-order chi connectivity index (χ1) is 8.50. The number of carbonyl (C=O) groups is 1. The number of hydrogen-bond acceptors (Lipinski definition) is 2. The predicted octanol–water partition coefficient (Wildman–Crippen LogP) is 4.24. The minimum atomic E-state index is 0.187. The molecule has 18 heavy (non-hydrogen) atoms. The number of nitrogens with zero attached hydrogens (tertiary/aromatic N) is 2. The molecule has 0 aromatic carbocycles. The molecule has 1 heterocycles. The van der Waals surface area contributed by atoms with Crippen molar-refractivity contribution in [2.45, 2.75) is 52.5 Å². The molecule has 0 spiro atoms. The van der Waals surface area contributed by atoms with Gasteiger partial charge in [0.15, 0.2) is 5.78 Å². The third-order valence-electron chi connectivity index (χ3n) is 3.86. The molecule has 2 rings (SSSR count). The summed E-state index contributed by atoms with van der Waals surface area (Å²) in [4.78, 5) is 12.6. The van der Waals surface area contributed by atoms with Crippen LogP contribution in [0.3, 0.4) is 0 Å². The Morgan fingerprint density at radius 2 is 2.00 bits per heavy atom. The molecule has 0 amide bonds. The molecule has 0 saturated heterocycles. The van der Waals surface area contributed by atoms with E-state index >= 15 is 0 Å². The van der Waals surface area contributed by atoms with Crippen molar-refractivity contribution in [2.24, 2.45) is 11.8 Å². The molecule has 0 radical (unpaired) electrons. The van der Waals surface area contributed by atoms with Gasteiger partial charge in [0.25, 0.3) is 0 Å². The molecule has 3 nitrogen and oxygen atoms in total. The van der Waals surface area contributed by atoms with Crippen LogP contribution in [0.2, 0.25) is 0 Å². The molecule has 100 valence electrons. The summed E-state index contributed by atoms with van der Waals surface area (Å²) in [7, 11) is 0. The van der Waals surface area contributed by atoms with Crippen molar-refractivity contribution in [2.75, 3.05) is 0 Å². The summed E-state index contributed by atoms with van der Waals surface area (Å²) < 4.78 is 2.67. The summed E-state index contributed by atoms with van der Waals surface area (Å²) in [5.41, 5.74) is 0.754. The number of Topliss-reactive ketones (excluding diaryl/α,β-unsaturated/α-hetero) is 1. The van der Waals surface area contributed by atoms with Gasteiger partial charge in [0.1, 0.15) is 5.69 Å². The normalized spacial score (nSPS) is 24.5. The van der Waals surface area contributed by atoms with Crippen molar-refractivity contribution < 1.29 is 4.79 Å². The molecule has 0 N–H and O–H groups in total. The Balaban J connectivity index is 2.21. The zero-order chi connectivity index (χ0) is 13.3. The third-order valence-corrected chi connectivity index (χ3v) is 4.44. The van der Waals surface area contributed by atoms with Crippen LogP contribution in [0.15, 0.2) is 10.7 Å². The highest BCUT2D eigenvalue weighted by atomic mass is 79.9. The van der Waals surface area contributed by atoms with Crippen LogP contribution in [-0.4, -0.2) is 15.6 Å². The van der Waals surface area contributed by atoms with E-state index in [2.05, 4.69) is 41.8 Å². The average Bonchev–Trinajstić information content (AvgIpc) is 2.71. The zero-order valence-electron chi connectivity index (χ0n) is 11.3. The number of rotatable bonds is 3. The molecule has 0 bridgehead atoms. The monoisotopic (exact) mass is 312 g/mol. The molecule has 0 atom stereocenters. The average molecular weight is 313 g/mol. The Morgan fingerprint density at radius 1 is 1.39 bits per heavy atom. The fraction of sp³-hybridized carbons (Fsp3) is 0.714. The fourth-order valence-corrected chi connectivity index (χ4v) is 3.15. The molecule has 0 aliphatic heterocycles. The van der Waals surface area contributed by atoms with Gasteiger partial charge in [-0.3, -0.25) is 9.48 Å². The first kappa shape index (κ1) is 13.8. The minimum absolute atomic E-state index is 0.187. The van der Waals surface area contributed by atoms with E-state index in [-0.39, 0.29) is 17.7 Å². The van der Waals surface area contributed by atoms with Gasteiger partial charge >= 0.3 is 0 Å². The molecular weight excluding hydrogens is 292 g/mol. The lowest BCUT2D eigenvalue weighted by Gasteiger charge is -2.25. The SMILES string of the molecule is CC1CCC(C(=O)c2c(Br)cnn2C(C)C)CC1. The fourth-order valence-electron chi connectivity index (χ4n) is 2.68. The second kappa shape index (κ2) is 5.55. The maximum Gasteiger partial charge on any atom is 0.185 e. The smallest absolute Gasteiger partial charge is 0.185 e. The Hall–Kier alpha value is -0.640. The van der Waals surface area contributed by atoms with Gasteiger partial charge in [0.05, 0.1) is 10.7 Å². The number of aromatic nitrogens is 2. The summed E-state index contributed by atoms with van der Waals surface area (Å²) in [6.45, 7) is 6.38. The van der Waals surface area contributed by atoms with E-state index in [4.69, 9.17) is 0 Å². The highest BCUT2D eigenvalue weighted by molar-refractivity contribution is 9.10. The number of halogens is 1. The topological polar surface area (TPSA) is 34.9 Å². The van der Waals surface area contributed by atoms with Crippen LogP contribution in [0.25, 0.3) is 0 Å². The van der Waals surface area contributed by atoms with Gasteiger partial charge < -0.3 is 0 Å². The van der Waals surface area contributed by atoms with Crippen LogP contribution in [-0.2, 0) is 0 Å². The van der Waals surface area contributed by atoms with Crippen LogP contribution in [0.1, 0.15) is 63.0 Å². The van der Waals surface area contributed by atoms with Crippen molar-refractivity contribution in [1.29, 1.82) is 0 Å². The molecule has 1 aromatic rings. The summed E-state index contributed by atoms with van der Waals surface area (Å²) in [5, 5.41) is 4.30. The molecule has 4 heteroatoms. The summed E-state index contributed by atoms with van der Waals surface area (Å²) in [5.74, 6) is 1.22. The molecular formula is C14H21BrN2O. The predicted molar refractivity (Wildman–Crippen MR) is 75.8 cm³/mol. The van der Waals surface area contributed by atoms with Crippen LogP contribution in [0.5, 0.6) is 0 Å². The zero-order valence-corrected chi connectivity index (χ0v) is 12.9. The summed E-state index contributed by atoms with van der Waals surface area (Å²) in [6, 6.07) is 0.220. The maximum atomic E-state index is 12.6. The van der Waals surface area contributed by atoms with Crippen molar-refractivity contribution in [3.8, 4) is 0 Å². The van der Waals surface area contributed by atoms with E-state index in [0.717, 1.165) is 28.9 Å². The number of carbonyl (C=O) groups excluding carboxylic acids is 1. The lowest BCUT2D eigenvalue weighted by Crippen LogP contribution is -2.24. The molecule has 1 fully saturated rings. The van der Waals surface area contributed by atoms with Gasteiger partial charge in [-0.15, -0.1) is 0 Å². The Kier molecular flexibility index (Phi) is 4.25. The standard InChI is InChI=1S/C14H21BrN2O/c1-9(2)17-13(12(15)8-16-17)14(18)11-6-4-10(3)5-7-11/h8-11H,4-7H2,1-3H3. The molecule has 1 aliphatic carbocycles. The molecule has 1 saturated carbocycles. The van der Waals surface area contributed by atoms with Gasteiger partial charge in [-0.1, -0.05) is 19.8 Å². The summed E-state index contributed by atoms with van der Waals surface area (Å²) in [6.07, 6.45) is 6.12. The van der Waals surface area contributed by atoms with E-state index < -0.39 is 0 Å². The first-order valence-electron chi connectivity index (χ1n) is 6.78. The lowest BCUT2D eigenvalue weighted by molar-refractivity contribution is 0.0861. The quantitative estimate of drug-likeness (QED) is 0.783. The van der Waals surface area contributed by atoms with E-state index in [1.165, 1.54) is 12.8 Å². The van der Waals surface area contributed by atoms with E-state index in [0.29, 0.717) is 0 Å². The second-order valence-corrected chi connectivity index (χ2v) is 6.55. The Morgan fingerprint density at radius 3 is 2.56 bits per heavy atom. The minimum Gasteiger partial charge on any atom is -0.292 e. The van der Waals surface area contributed by atoms with E-state index in [1.807, 2.05) is 4.68 Å². The van der Waals surface area contributed by atoms with Crippen LogP contribution < -0.4 is 0 Å². The van der Waals surface area contributed by atoms with Crippen LogP contribution in [0, 0.1) is 11.8 Å². The lowest BCUT2D eigenvalue weighted by atomic mass is 9.80.